The lowest BCUT2D eigenvalue weighted by Crippen LogP contribution is -1.92. The number of hydrogen-bond acceptors (Lipinski definition) is 1. The molecule has 0 unspecified atom stereocenters. The predicted molar refractivity (Wildman–Crippen MR) is 68.5 cm³/mol. The Bertz CT molecular complexity index is 251. The number of carboxylic acid groups (broad SMARTS) is 1. The van der Waals surface area contributed by atoms with E-state index in [9.17, 15) is 4.79 Å². The van der Waals surface area contributed by atoms with Crippen molar-refractivity contribution in [2.24, 2.45) is 5.92 Å². The Morgan fingerprint density at radius 3 is 2.50 bits per heavy atom. The SMILES string of the molecule is CCCCCC[C@H](C)C=C(C)C=CC(=O)O. The van der Waals surface area contributed by atoms with Gasteiger partial charge >= 0.3 is 5.97 Å². The van der Waals surface area contributed by atoms with E-state index in [4.69, 9.17) is 5.11 Å². The number of rotatable bonds is 8. The van der Waals surface area contributed by atoms with Gasteiger partial charge in [0.05, 0.1) is 0 Å². The third kappa shape index (κ3) is 9.50. The molecule has 92 valence electrons. The second-order valence-electron chi connectivity index (χ2n) is 4.41. The van der Waals surface area contributed by atoms with E-state index >= 15 is 0 Å². The van der Waals surface area contributed by atoms with Crippen molar-refractivity contribution in [3.63, 3.8) is 0 Å². The highest BCUT2D eigenvalue weighted by Crippen LogP contribution is 2.13. The molecule has 0 spiro atoms. The zero-order valence-corrected chi connectivity index (χ0v) is 10.7. The van der Waals surface area contributed by atoms with Crippen molar-refractivity contribution in [1.29, 1.82) is 0 Å². The first-order valence-electron chi connectivity index (χ1n) is 6.15. The van der Waals surface area contributed by atoms with Crippen LogP contribution in [0, 0.1) is 5.92 Å². The van der Waals surface area contributed by atoms with Crippen molar-refractivity contribution >= 4 is 5.97 Å². The molecule has 1 N–H and O–H groups in total. The van der Waals surface area contributed by atoms with Crippen molar-refractivity contribution in [3.8, 4) is 0 Å². The summed E-state index contributed by atoms with van der Waals surface area (Å²) in [6.45, 7) is 6.34. The number of unbranched alkanes of at least 4 members (excludes halogenated alkanes) is 3. The Balaban J connectivity index is 3.86. The van der Waals surface area contributed by atoms with E-state index in [1.54, 1.807) is 6.08 Å². The number of carboxylic acids is 1. The van der Waals surface area contributed by atoms with Crippen LogP contribution < -0.4 is 0 Å². The largest absolute Gasteiger partial charge is 0.478 e. The van der Waals surface area contributed by atoms with Crippen LogP contribution in [0.4, 0.5) is 0 Å². The maximum absolute atomic E-state index is 10.3. The smallest absolute Gasteiger partial charge is 0.328 e. The fourth-order valence-electron chi connectivity index (χ4n) is 1.68. The quantitative estimate of drug-likeness (QED) is 0.381. The normalized spacial score (nSPS) is 14.3. The Morgan fingerprint density at radius 1 is 1.25 bits per heavy atom. The summed E-state index contributed by atoms with van der Waals surface area (Å²) in [5, 5.41) is 8.48. The molecule has 16 heavy (non-hydrogen) atoms. The third-order valence-electron chi connectivity index (χ3n) is 2.55. The van der Waals surface area contributed by atoms with Gasteiger partial charge < -0.3 is 5.11 Å². The highest BCUT2D eigenvalue weighted by Gasteiger charge is 1.98. The van der Waals surface area contributed by atoms with Crippen LogP contribution in [-0.2, 0) is 4.79 Å². The summed E-state index contributed by atoms with van der Waals surface area (Å²) in [4.78, 5) is 10.3. The Morgan fingerprint density at radius 2 is 1.94 bits per heavy atom. The molecule has 0 amide bonds. The Hall–Kier alpha value is -1.05. The van der Waals surface area contributed by atoms with Gasteiger partial charge in [-0.1, -0.05) is 57.3 Å². The number of allylic oxidation sites excluding steroid dienone is 3. The van der Waals surface area contributed by atoms with Crippen LogP contribution in [0.3, 0.4) is 0 Å². The van der Waals surface area contributed by atoms with Crippen LogP contribution in [0.1, 0.15) is 52.9 Å². The number of carbonyl (C=O) groups is 1. The second-order valence-corrected chi connectivity index (χ2v) is 4.41. The van der Waals surface area contributed by atoms with Gasteiger partial charge in [0.2, 0.25) is 0 Å². The molecule has 0 aromatic rings. The third-order valence-corrected chi connectivity index (χ3v) is 2.55. The molecule has 0 heterocycles. The zero-order valence-electron chi connectivity index (χ0n) is 10.7. The van der Waals surface area contributed by atoms with Gasteiger partial charge in [-0.3, -0.25) is 0 Å². The molecule has 0 aromatic heterocycles. The summed E-state index contributed by atoms with van der Waals surface area (Å²) >= 11 is 0. The van der Waals surface area contributed by atoms with E-state index in [-0.39, 0.29) is 0 Å². The Kier molecular flexibility index (Phi) is 8.59. The second kappa shape index (κ2) is 9.20. The van der Waals surface area contributed by atoms with E-state index in [1.807, 2.05) is 6.92 Å². The van der Waals surface area contributed by atoms with Crippen LogP contribution in [0.5, 0.6) is 0 Å². The molecular weight excluding hydrogens is 200 g/mol. The maximum atomic E-state index is 10.3. The van der Waals surface area contributed by atoms with Gasteiger partial charge in [-0.25, -0.2) is 4.79 Å². The van der Waals surface area contributed by atoms with E-state index in [2.05, 4.69) is 19.9 Å². The van der Waals surface area contributed by atoms with Crippen molar-refractivity contribution in [3.05, 3.63) is 23.8 Å². The van der Waals surface area contributed by atoms with Gasteiger partial charge in [0.15, 0.2) is 0 Å². The first kappa shape index (κ1) is 14.9. The lowest BCUT2D eigenvalue weighted by atomic mass is 10.00. The summed E-state index contributed by atoms with van der Waals surface area (Å²) in [7, 11) is 0. The van der Waals surface area contributed by atoms with Crippen LogP contribution in [0.25, 0.3) is 0 Å². The molecule has 0 saturated heterocycles. The molecule has 0 aliphatic heterocycles. The first-order valence-corrected chi connectivity index (χ1v) is 6.15. The predicted octanol–water partition coefficient (Wildman–Crippen LogP) is 4.18. The molecule has 0 aromatic carbocycles. The summed E-state index contributed by atoms with van der Waals surface area (Å²) in [5.74, 6) is -0.348. The molecular formula is C14H24O2. The van der Waals surface area contributed by atoms with E-state index in [0.717, 1.165) is 5.57 Å². The Labute approximate surface area is 99.1 Å². The average molecular weight is 224 g/mol. The van der Waals surface area contributed by atoms with Crippen LogP contribution >= 0.6 is 0 Å². The molecule has 0 radical (unpaired) electrons. The fraction of sp³-hybridized carbons (Fsp3) is 0.643. The topological polar surface area (TPSA) is 37.3 Å². The van der Waals surface area contributed by atoms with E-state index in [0.29, 0.717) is 5.92 Å². The van der Waals surface area contributed by atoms with E-state index in [1.165, 1.54) is 38.2 Å². The molecule has 0 rings (SSSR count). The lowest BCUT2D eigenvalue weighted by molar-refractivity contribution is -0.131. The van der Waals surface area contributed by atoms with Gasteiger partial charge in [-0.15, -0.1) is 0 Å². The van der Waals surface area contributed by atoms with Crippen molar-refractivity contribution < 1.29 is 9.90 Å². The highest BCUT2D eigenvalue weighted by atomic mass is 16.4. The summed E-state index contributed by atoms with van der Waals surface area (Å²) in [6, 6.07) is 0. The van der Waals surface area contributed by atoms with Gasteiger partial charge in [-0.2, -0.15) is 0 Å². The monoisotopic (exact) mass is 224 g/mol. The minimum atomic E-state index is -0.886. The molecule has 0 fully saturated rings. The van der Waals surface area contributed by atoms with Gasteiger partial charge in [0.25, 0.3) is 0 Å². The van der Waals surface area contributed by atoms with Crippen molar-refractivity contribution in [1.82, 2.24) is 0 Å². The van der Waals surface area contributed by atoms with Gasteiger partial charge in [-0.05, 0) is 19.3 Å². The molecule has 2 heteroatoms. The standard InChI is InChI=1S/C14H24O2/c1-4-5-6-7-8-12(2)11-13(3)9-10-14(15)16/h9-12H,4-8H2,1-3H3,(H,15,16)/t12-/m0/s1. The molecule has 0 aliphatic carbocycles. The fourth-order valence-corrected chi connectivity index (χ4v) is 1.68. The lowest BCUT2D eigenvalue weighted by Gasteiger charge is -2.06. The maximum Gasteiger partial charge on any atom is 0.328 e. The van der Waals surface area contributed by atoms with Gasteiger partial charge in [0.1, 0.15) is 0 Å². The summed E-state index contributed by atoms with van der Waals surface area (Å²) in [5.41, 5.74) is 1.03. The molecule has 0 bridgehead atoms. The summed E-state index contributed by atoms with van der Waals surface area (Å²) < 4.78 is 0. The minimum absolute atomic E-state index is 0.537. The molecule has 0 aliphatic rings. The molecule has 0 saturated carbocycles. The zero-order chi connectivity index (χ0) is 12.4. The average Bonchev–Trinajstić information content (AvgIpc) is 2.21. The van der Waals surface area contributed by atoms with E-state index < -0.39 is 5.97 Å². The van der Waals surface area contributed by atoms with Crippen molar-refractivity contribution in [2.75, 3.05) is 0 Å². The highest BCUT2D eigenvalue weighted by molar-refractivity contribution is 5.80. The van der Waals surface area contributed by atoms with Crippen LogP contribution in [0.15, 0.2) is 23.8 Å². The van der Waals surface area contributed by atoms with Crippen LogP contribution in [0.2, 0.25) is 0 Å². The van der Waals surface area contributed by atoms with Gasteiger partial charge in [0, 0.05) is 6.08 Å². The van der Waals surface area contributed by atoms with Crippen LogP contribution in [-0.4, -0.2) is 11.1 Å². The summed E-state index contributed by atoms with van der Waals surface area (Å²) in [6.07, 6.45) is 11.3. The number of aliphatic carboxylic acids is 1. The number of hydrogen-bond donors (Lipinski definition) is 1. The molecule has 1 atom stereocenters. The minimum Gasteiger partial charge on any atom is -0.478 e. The first-order chi connectivity index (χ1) is 7.56. The van der Waals surface area contributed by atoms with Crippen molar-refractivity contribution in [2.45, 2.75) is 52.9 Å². The molecule has 2 nitrogen and oxygen atoms in total.